The third-order valence-electron chi connectivity index (χ3n) is 9.62. The van der Waals surface area contributed by atoms with Crippen molar-refractivity contribution in [2.45, 2.75) is 39.2 Å². The topological polar surface area (TPSA) is 222 Å². The fourth-order valence-corrected chi connectivity index (χ4v) is 5.77. The number of rotatable bonds is 13. The van der Waals surface area contributed by atoms with Gasteiger partial charge in [-0.3, -0.25) is 14.3 Å². The number of aliphatic hydroxyl groups excluding tert-OH is 1. The number of nitrogens with two attached hydrogens (primary N) is 1. The summed E-state index contributed by atoms with van der Waals surface area (Å²) in [5.74, 6) is 1.51. The third-order valence-corrected chi connectivity index (χ3v) is 10.0. The van der Waals surface area contributed by atoms with E-state index in [9.17, 15) is 28.2 Å². The number of benzene rings is 3. The molecule has 2 aliphatic heterocycles. The van der Waals surface area contributed by atoms with Crippen molar-refractivity contribution in [2.24, 2.45) is 0 Å². The number of anilines is 1. The molecular formula is C42H66Cl2N4O13S. The molecule has 0 bridgehead atoms. The first-order chi connectivity index (χ1) is 28.6. The Labute approximate surface area is 379 Å². The van der Waals surface area contributed by atoms with E-state index >= 15 is 0 Å². The number of nitro groups is 1. The van der Waals surface area contributed by atoms with E-state index in [1.807, 2.05) is 30.3 Å². The molecule has 4 N–H and O–H groups in total. The van der Waals surface area contributed by atoms with Crippen LogP contribution in [0.25, 0.3) is 0 Å². The Morgan fingerprint density at radius 2 is 1.29 bits per heavy atom. The van der Waals surface area contributed by atoms with Gasteiger partial charge in [0.05, 0.1) is 58.2 Å². The van der Waals surface area contributed by atoms with E-state index in [2.05, 4.69) is 30.4 Å². The Bertz CT molecular complexity index is 1790. The lowest BCUT2D eigenvalue weighted by Crippen LogP contribution is -3.00. The summed E-state index contributed by atoms with van der Waals surface area (Å²) < 4.78 is 60.8. The summed E-state index contributed by atoms with van der Waals surface area (Å²) >= 11 is 0. The number of nitro benzene ring substituents is 1. The first kappa shape index (κ1) is 58.0. The molecule has 2 fully saturated rings. The quantitative estimate of drug-likeness (QED) is 0.0328. The number of ether oxygens (including phenoxy) is 5. The highest BCUT2D eigenvalue weighted by Gasteiger charge is 2.26. The molecule has 3 aromatic carbocycles. The maximum atomic E-state index is 11.3. The van der Waals surface area contributed by atoms with Crippen LogP contribution in [0.1, 0.15) is 38.2 Å². The molecule has 62 heavy (non-hydrogen) atoms. The summed E-state index contributed by atoms with van der Waals surface area (Å²) in [4.78, 5) is 10.9. The molecule has 1 aliphatic carbocycles. The summed E-state index contributed by atoms with van der Waals surface area (Å²) in [5.41, 5.74) is 7.31. The van der Waals surface area contributed by atoms with Crippen molar-refractivity contribution in [3.63, 3.8) is 0 Å². The van der Waals surface area contributed by atoms with E-state index in [0.717, 1.165) is 87.3 Å². The van der Waals surface area contributed by atoms with Gasteiger partial charge in [-0.25, -0.2) is 8.42 Å². The van der Waals surface area contributed by atoms with Gasteiger partial charge in [0.25, 0.3) is 0 Å². The van der Waals surface area contributed by atoms with E-state index in [1.54, 1.807) is 37.3 Å². The van der Waals surface area contributed by atoms with Gasteiger partial charge in [0.2, 0.25) is 16.1 Å². The number of morpholine rings is 2. The van der Waals surface area contributed by atoms with Crippen molar-refractivity contribution in [3.8, 4) is 23.0 Å². The SMILES string of the molecule is C1=CCCCC1.CCO.COS(=O)(=O)[O-].C[N+]1(CCOc2cc(O)ccc2N)CCOCC1.C[N+]1(CCOc2cc(OCc3ccccc3)ccc2[N+](=O)[O-])CCOCC1.Cl.[Cl-]. The molecule has 0 unspecified atom stereocenters. The van der Waals surface area contributed by atoms with Crippen LogP contribution in [0.3, 0.4) is 0 Å². The Morgan fingerprint density at radius 1 is 0.806 bits per heavy atom. The molecule has 0 spiro atoms. The number of allylic oxidation sites excluding steroid dienone is 2. The number of hydrogen-bond acceptors (Lipinski definition) is 14. The van der Waals surface area contributed by atoms with Crippen molar-refractivity contribution < 1.29 is 77.3 Å². The highest BCUT2D eigenvalue weighted by Crippen LogP contribution is 2.32. The predicted octanol–water partition coefficient (Wildman–Crippen LogP) is 2.49. The highest BCUT2D eigenvalue weighted by atomic mass is 35.5. The van der Waals surface area contributed by atoms with E-state index < -0.39 is 15.3 Å². The number of quaternary nitrogens is 2. The summed E-state index contributed by atoms with van der Waals surface area (Å²) in [5, 5.41) is 28.3. The Hall–Kier alpha value is -3.95. The van der Waals surface area contributed by atoms with Crippen LogP contribution >= 0.6 is 12.4 Å². The molecule has 2 saturated heterocycles. The van der Waals surface area contributed by atoms with Gasteiger partial charge >= 0.3 is 5.69 Å². The van der Waals surface area contributed by atoms with Crippen LogP contribution in [0.2, 0.25) is 0 Å². The third kappa shape index (κ3) is 25.2. The summed E-state index contributed by atoms with van der Waals surface area (Å²) in [6.45, 7) is 12.0. The Kier molecular flexibility index (Phi) is 29.8. The average Bonchev–Trinajstić information content (AvgIpc) is 3.23. The molecule has 17 nitrogen and oxygen atoms in total. The maximum absolute atomic E-state index is 11.3. The molecule has 0 radical (unpaired) electrons. The lowest BCUT2D eigenvalue weighted by atomic mass is 10.1. The molecule has 3 aliphatic rings. The maximum Gasteiger partial charge on any atom is 0.311 e. The molecule has 0 amide bonds. The van der Waals surface area contributed by atoms with Gasteiger partial charge in [-0.1, -0.05) is 42.5 Å². The van der Waals surface area contributed by atoms with Gasteiger partial charge in [-0.2, -0.15) is 0 Å². The van der Waals surface area contributed by atoms with Crippen molar-refractivity contribution in [1.29, 1.82) is 0 Å². The highest BCUT2D eigenvalue weighted by molar-refractivity contribution is 7.80. The minimum Gasteiger partial charge on any atom is -1.00 e. The van der Waals surface area contributed by atoms with E-state index in [0.29, 0.717) is 37.0 Å². The number of likely N-dealkylation sites (N-methyl/N-ethyl adjacent to an activating group) is 2. The Morgan fingerprint density at radius 3 is 1.73 bits per heavy atom. The predicted molar refractivity (Wildman–Crippen MR) is 235 cm³/mol. The molecule has 0 aromatic heterocycles. The molecular weight excluding hydrogens is 871 g/mol. The second-order valence-corrected chi connectivity index (χ2v) is 15.7. The fourth-order valence-electron chi connectivity index (χ4n) is 5.77. The number of nitrogen functional groups attached to an aromatic ring is 1. The van der Waals surface area contributed by atoms with Gasteiger partial charge in [0.15, 0.2) is 0 Å². The van der Waals surface area contributed by atoms with E-state index in [1.165, 1.54) is 31.7 Å². The molecule has 0 saturated carbocycles. The first-order valence-corrected chi connectivity index (χ1v) is 21.3. The first-order valence-electron chi connectivity index (χ1n) is 20.0. The van der Waals surface area contributed by atoms with Crippen LogP contribution in [0.5, 0.6) is 23.0 Å². The van der Waals surface area contributed by atoms with Crippen LogP contribution in [-0.2, 0) is 30.7 Å². The van der Waals surface area contributed by atoms with Gasteiger partial charge in [0.1, 0.15) is 76.3 Å². The zero-order chi connectivity index (χ0) is 44.3. The lowest BCUT2D eigenvalue weighted by molar-refractivity contribution is -0.916. The largest absolute Gasteiger partial charge is 1.00 e. The summed E-state index contributed by atoms with van der Waals surface area (Å²) in [7, 11) is 0.754. The number of aliphatic hydroxyl groups is 1. The smallest absolute Gasteiger partial charge is 0.311 e. The van der Waals surface area contributed by atoms with Gasteiger partial charge in [0, 0.05) is 24.8 Å². The van der Waals surface area contributed by atoms with Gasteiger partial charge in [-0.05, 0) is 56.4 Å². The normalized spacial score (nSPS) is 15.8. The van der Waals surface area contributed by atoms with Crippen LogP contribution in [0.4, 0.5) is 11.4 Å². The number of phenolic OH excluding ortho intramolecular Hbond substituents is 1. The molecule has 6 rings (SSSR count). The second kappa shape index (κ2) is 31.8. The zero-order valence-corrected chi connectivity index (χ0v) is 38.6. The minimum absolute atomic E-state index is 0. The molecule has 2 heterocycles. The fraction of sp³-hybridized carbons (Fsp3) is 0.524. The number of aromatic hydroxyl groups is 1. The van der Waals surface area contributed by atoms with Gasteiger partial charge < -0.3 is 65.6 Å². The lowest BCUT2D eigenvalue weighted by Gasteiger charge is -2.37. The van der Waals surface area contributed by atoms with Crippen molar-refractivity contribution in [3.05, 3.63) is 94.6 Å². The van der Waals surface area contributed by atoms with Crippen molar-refractivity contribution in [2.75, 3.05) is 112 Å². The standard InChI is InChI=1S/C20H25N2O5.C13H20N2O3.C6H10.C2H6O.CH4O4S.2ClH/c1-22(9-12-25-13-10-22)11-14-26-20-15-18(7-8-19(20)21(23)24)27-16-17-5-3-2-4-6-17;1-15(4-7-17-8-5-15)6-9-18-13-10-11(16)2-3-12(13)14;1-2-4-6-5-3-1;1-2-3;1-5-6(2,3)4;;/h2-8,15H,9-14,16H2,1H3;2-3,10H,4-9,14H2,1H3;1-2H,3-6H2;3H,2H2,1H3;1H3,(H,2,3,4);2*1H/q+1;;;;;;/p-1. The molecule has 20 heteroatoms. The van der Waals surface area contributed by atoms with Gasteiger partial charge in [-0.15, -0.1) is 12.4 Å². The minimum atomic E-state index is -4.41. The van der Waals surface area contributed by atoms with Crippen molar-refractivity contribution >= 4 is 34.2 Å². The number of halogens is 2. The van der Waals surface area contributed by atoms with Crippen LogP contribution in [0, 0.1) is 10.1 Å². The van der Waals surface area contributed by atoms with E-state index in [4.69, 9.17) is 34.5 Å². The number of nitrogens with zero attached hydrogens (tertiary/aromatic N) is 3. The number of hydrogen-bond donors (Lipinski definition) is 3. The molecule has 0 atom stereocenters. The number of phenols is 1. The van der Waals surface area contributed by atoms with Crippen LogP contribution in [0.15, 0.2) is 78.9 Å². The zero-order valence-electron chi connectivity index (χ0n) is 36.2. The monoisotopic (exact) mass is 936 g/mol. The van der Waals surface area contributed by atoms with Crippen LogP contribution < -0.4 is 32.4 Å². The Balaban J connectivity index is 0.000000909. The van der Waals surface area contributed by atoms with Crippen LogP contribution in [-0.4, -0.2) is 144 Å². The summed E-state index contributed by atoms with van der Waals surface area (Å²) in [6.07, 6.45) is 10.0. The average molecular weight is 938 g/mol. The second-order valence-electron chi connectivity index (χ2n) is 14.5. The summed E-state index contributed by atoms with van der Waals surface area (Å²) in [6, 6.07) is 19.1. The van der Waals surface area contributed by atoms with E-state index in [-0.39, 0.29) is 48.6 Å². The van der Waals surface area contributed by atoms with Crippen molar-refractivity contribution in [1.82, 2.24) is 0 Å². The molecule has 352 valence electrons. The molecule has 3 aromatic rings.